The van der Waals surface area contributed by atoms with Crippen LogP contribution in [0.1, 0.15) is 32.8 Å². The average molecular weight is 293 g/mol. The van der Waals surface area contributed by atoms with E-state index in [0.29, 0.717) is 0 Å². The number of rotatable bonds is 5. The third-order valence-corrected chi connectivity index (χ3v) is 2.60. The summed E-state index contributed by atoms with van der Waals surface area (Å²) in [5, 5.41) is 0. The standard InChI is InChI=1S/C16H23NO4/c1-16(2,3)21-15(19)17(4)11-10-14(18)20-12-13-8-6-5-7-9-13/h5-9H,10-12H2,1-4H3. The second-order valence-electron chi connectivity index (χ2n) is 5.80. The van der Waals surface area contributed by atoms with E-state index in [2.05, 4.69) is 0 Å². The molecule has 0 aliphatic carbocycles. The Hall–Kier alpha value is -2.04. The van der Waals surface area contributed by atoms with Crippen molar-refractivity contribution in [2.45, 2.75) is 39.4 Å². The topological polar surface area (TPSA) is 55.8 Å². The Morgan fingerprint density at radius 3 is 2.33 bits per heavy atom. The Kier molecular flexibility index (Phi) is 6.21. The van der Waals surface area contributed by atoms with Crippen molar-refractivity contribution in [1.29, 1.82) is 0 Å². The molecule has 0 saturated carbocycles. The molecule has 21 heavy (non-hydrogen) atoms. The first-order valence-corrected chi connectivity index (χ1v) is 6.91. The van der Waals surface area contributed by atoms with Crippen LogP contribution in [-0.4, -0.2) is 36.2 Å². The Bertz CT molecular complexity index is 465. The first kappa shape index (κ1) is 17.0. The Labute approximate surface area is 125 Å². The highest BCUT2D eigenvalue weighted by atomic mass is 16.6. The van der Waals surface area contributed by atoms with Gasteiger partial charge in [-0.25, -0.2) is 4.79 Å². The number of amides is 1. The lowest BCUT2D eigenvalue weighted by atomic mass is 10.2. The summed E-state index contributed by atoms with van der Waals surface area (Å²) in [4.78, 5) is 24.7. The van der Waals surface area contributed by atoms with Crippen LogP contribution in [0.5, 0.6) is 0 Å². The Morgan fingerprint density at radius 1 is 1.14 bits per heavy atom. The molecule has 116 valence electrons. The van der Waals surface area contributed by atoms with Crippen molar-refractivity contribution in [3.8, 4) is 0 Å². The van der Waals surface area contributed by atoms with Gasteiger partial charge in [0.05, 0.1) is 6.42 Å². The molecule has 0 N–H and O–H groups in total. The van der Waals surface area contributed by atoms with Crippen LogP contribution >= 0.6 is 0 Å². The third kappa shape index (κ3) is 7.34. The summed E-state index contributed by atoms with van der Waals surface area (Å²) in [6, 6.07) is 9.46. The zero-order chi connectivity index (χ0) is 15.9. The summed E-state index contributed by atoms with van der Waals surface area (Å²) in [7, 11) is 1.60. The predicted octanol–water partition coefficient (Wildman–Crippen LogP) is 2.99. The van der Waals surface area contributed by atoms with Crippen molar-refractivity contribution in [2.24, 2.45) is 0 Å². The molecule has 0 heterocycles. The predicted molar refractivity (Wildman–Crippen MR) is 79.7 cm³/mol. The van der Waals surface area contributed by atoms with Gasteiger partial charge in [-0.05, 0) is 26.3 Å². The number of hydrogen-bond donors (Lipinski definition) is 0. The third-order valence-electron chi connectivity index (χ3n) is 2.60. The highest BCUT2D eigenvalue weighted by molar-refractivity contribution is 5.72. The van der Waals surface area contributed by atoms with E-state index in [1.807, 2.05) is 30.3 Å². The lowest BCUT2D eigenvalue weighted by Gasteiger charge is -2.24. The van der Waals surface area contributed by atoms with Gasteiger partial charge in [0.25, 0.3) is 0 Å². The van der Waals surface area contributed by atoms with Crippen LogP contribution in [0.2, 0.25) is 0 Å². The fourth-order valence-corrected chi connectivity index (χ4v) is 1.50. The van der Waals surface area contributed by atoms with Crippen LogP contribution in [0.4, 0.5) is 4.79 Å². The van der Waals surface area contributed by atoms with E-state index >= 15 is 0 Å². The quantitative estimate of drug-likeness (QED) is 0.783. The largest absolute Gasteiger partial charge is 0.461 e. The second kappa shape index (κ2) is 7.67. The van der Waals surface area contributed by atoms with Gasteiger partial charge in [0, 0.05) is 13.6 Å². The van der Waals surface area contributed by atoms with Crippen LogP contribution < -0.4 is 0 Å². The van der Waals surface area contributed by atoms with Crippen LogP contribution in [-0.2, 0) is 20.9 Å². The van der Waals surface area contributed by atoms with Gasteiger partial charge in [0.2, 0.25) is 0 Å². The van der Waals surface area contributed by atoms with Crippen molar-refractivity contribution in [1.82, 2.24) is 4.90 Å². The molecule has 0 spiro atoms. The van der Waals surface area contributed by atoms with E-state index in [4.69, 9.17) is 9.47 Å². The number of ether oxygens (including phenoxy) is 2. The zero-order valence-corrected chi connectivity index (χ0v) is 13.1. The fourth-order valence-electron chi connectivity index (χ4n) is 1.50. The van der Waals surface area contributed by atoms with E-state index in [9.17, 15) is 9.59 Å². The minimum atomic E-state index is -0.542. The van der Waals surface area contributed by atoms with Crippen LogP contribution in [0.3, 0.4) is 0 Å². The molecule has 5 nitrogen and oxygen atoms in total. The molecular weight excluding hydrogens is 270 g/mol. The zero-order valence-electron chi connectivity index (χ0n) is 13.1. The molecular formula is C16H23NO4. The lowest BCUT2D eigenvalue weighted by Crippen LogP contribution is -2.35. The summed E-state index contributed by atoms with van der Waals surface area (Å²) in [5.74, 6) is -0.339. The number of esters is 1. The van der Waals surface area contributed by atoms with Crippen LogP contribution in [0.15, 0.2) is 30.3 Å². The molecule has 0 fully saturated rings. The van der Waals surface area contributed by atoms with Crippen molar-refractivity contribution in [3.05, 3.63) is 35.9 Å². The van der Waals surface area contributed by atoms with E-state index in [1.165, 1.54) is 4.90 Å². The average Bonchev–Trinajstić information content (AvgIpc) is 2.41. The van der Waals surface area contributed by atoms with Gasteiger partial charge in [-0.3, -0.25) is 4.79 Å². The molecule has 0 aromatic heterocycles. The maximum Gasteiger partial charge on any atom is 0.410 e. The fraction of sp³-hybridized carbons (Fsp3) is 0.500. The molecule has 1 aromatic carbocycles. The minimum Gasteiger partial charge on any atom is -0.461 e. The van der Waals surface area contributed by atoms with Gasteiger partial charge in [-0.15, -0.1) is 0 Å². The highest BCUT2D eigenvalue weighted by Gasteiger charge is 2.20. The monoisotopic (exact) mass is 293 g/mol. The summed E-state index contributed by atoms with van der Waals surface area (Å²) in [5.41, 5.74) is 0.394. The summed E-state index contributed by atoms with van der Waals surface area (Å²) in [6.45, 7) is 5.91. The van der Waals surface area contributed by atoms with E-state index in [1.54, 1.807) is 27.8 Å². The van der Waals surface area contributed by atoms with Crippen LogP contribution in [0.25, 0.3) is 0 Å². The van der Waals surface area contributed by atoms with Gasteiger partial charge in [0.1, 0.15) is 12.2 Å². The van der Waals surface area contributed by atoms with Gasteiger partial charge < -0.3 is 14.4 Å². The van der Waals surface area contributed by atoms with Gasteiger partial charge in [-0.1, -0.05) is 30.3 Å². The number of carbonyl (C=O) groups excluding carboxylic acids is 2. The molecule has 0 saturated heterocycles. The molecule has 1 aromatic rings. The molecule has 1 rings (SSSR count). The van der Waals surface area contributed by atoms with Gasteiger partial charge >= 0.3 is 12.1 Å². The molecule has 0 aliphatic rings. The van der Waals surface area contributed by atoms with Crippen molar-refractivity contribution in [2.75, 3.05) is 13.6 Å². The van der Waals surface area contributed by atoms with Crippen molar-refractivity contribution >= 4 is 12.1 Å². The van der Waals surface area contributed by atoms with Crippen LogP contribution in [0, 0.1) is 0 Å². The Morgan fingerprint density at radius 2 is 1.76 bits per heavy atom. The van der Waals surface area contributed by atoms with Gasteiger partial charge in [0.15, 0.2) is 0 Å². The first-order chi connectivity index (χ1) is 9.78. The number of benzene rings is 1. The number of nitrogens with zero attached hydrogens (tertiary/aromatic N) is 1. The number of carbonyl (C=O) groups is 2. The van der Waals surface area contributed by atoms with E-state index in [0.717, 1.165) is 5.56 Å². The van der Waals surface area contributed by atoms with Gasteiger partial charge in [-0.2, -0.15) is 0 Å². The molecule has 5 heteroatoms. The lowest BCUT2D eigenvalue weighted by molar-refractivity contribution is -0.145. The summed E-state index contributed by atoms with van der Waals surface area (Å²) >= 11 is 0. The maximum absolute atomic E-state index is 11.7. The smallest absolute Gasteiger partial charge is 0.410 e. The Balaban J connectivity index is 2.28. The normalized spacial score (nSPS) is 10.9. The molecule has 0 atom stereocenters. The van der Waals surface area contributed by atoms with E-state index in [-0.39, 0.29) is 25.5 Å². The second-order valence-corrected chi connectivity index (χ2v) is 5.80. The van der Waals surface area contributed by atoms with E-state index < -0.39 is 11.7 Å². The summed E-state index contributed by atoms with van der Waals surface area (Å²) in [6.07, 6.45) is -0.305. The highest BCUT2D eigenvalue weighted by Crippen LogP contribution is 2.09. The molecule has 0 radical (unpaired) electrons. The van der Waals surface area contributed by atoms with Crippen molar-refractivity contribution in [3.63, 3.8) is 0 Å². The summed E-state index contributed by atoms with van der Waals surface area (Å²) < 4.78 is 10.3. The molecule has 0 unspecified atom stereocenters. The van der Waals surface area contributed by atoms with Crippen molar-refractivity contribution < 1.29 is 19.1 Å². The maximum atomic E-state index is 11.7. The molecule has 1 amide bonds. The number of hydrogen-bond acceptors (Lipinski definition) is 4. The molecule has 0 aliphatic heterocycles. The minimum absolute atomic E-state index is 0.141. The molecule has 0 bridgehead atoms. The first-order valence-electron chi connectivity index (χ1n) is 6.91. The SMILES string of the molecule is CN(CCC(=O)OCc1ccccc1)C(=O)OC(C)(C)C.